The zero-order valence-electron chi connectivity index (χ0n) is 17.3. The van der Waals surface area contributed by atoms with Crippen LogP contribution >= 0.6 is 0 Å². The second kappa shape index (κ2) is 9.41. The van der Waals surface area contributed by atoms with Crippen molar-refractivity contribution in [2.24, 2.45) is 0 Å². The molecule has 2 aromatic carbocycles. The van der Waals surface area contributed by atoms with Crippen LogP contribution in [0.1, 0.15) is 28.8 Å². The first kappa shape index (κ1) is 22.0. The molecule has 1 aliphatic heterocycles. The van der Waals surface area contributed by atoms with E-state index in [2.05, 4.69) is 10.3 Å². The molecule has 1 aliphatic rings. The number of hydrogen-bond acceptors (Lipinski definition) is 5. The number of nitrogens with zero attached hydrogens (tertiary/aromatic N) is 3. The number of aliphatic carboxylic acids is 1. The molecule has 0 saturated heterocycles. The highest BCUT2D eigenvalue weighted by molar-refractivity contribution is 5.83. The van der Waals surface area contributed by atoms with E-state index in [9.17, 15) is 14.3 Å². The number of nitrogens with one attached hydrogen (secondary N) is 1. The van der Waals surface area contributed by atoms with Crippen molar-refractivity contribution in [3.8, 4) is 11.8 Å². The van der Waals surface area contributed by atoms with E-state index in [1.165, 1.54) is 19.5 Å². The molecule has 2 heterocycles. The van der Waals surface area contributed by atoms with Crippen LogP contribution in [0.3, 0.4) is 0 Å². The van der Waals surface area contributed by atoms with Gasteiger partial charge in [0.25, 0.3) is 0 Å². The summed E-state index contributed by atoms with van der Waals surface area (Å²) in [4.78, 5) is 16.1. The monoisotopic (exact) mass is 422 g/mol. The number of imidazole rings is 1. The molecule has 31 heavy (non-hydrogen) atoms. The van der Waals surface area contributed by atoms with Crippen molar-refractivity contribution >= 4 is 5.97 Å². The Morgan fingerprint density at radius 3 is 2.81 bits per heavy atom. The third-order valence-corrected chi connectivity index (χ3v) is 5.32. The molecule has 8 heteroatoms. The number of benzene rings is 2. The molecule has 0 bridgehead atoms. The van der Waals surface area contributed by atoms with E-state index in [1.807, 2.05) is 12.1 Å². The van der Waals surface area contributed by atoms with Gasteiger partial charge in [-0.1, -0.05) is 24.3 Å². The zero-order chi connectivity index (χ0) is 22.4. The Balaban J connectivity index is 0.000000229. The summed E-state index contributed by atoms with van der Waals surface area (Å²) in [5.41, 5.74) is 1.33. The van der Waals surface area contributed by atoms with Crippen molar-refractivity contribution in [3.05, 3.63) is 83.2 Å². The number of hydrogen-bond donors (Lipinski definition) is 2. The van der Waals surface area contributed by atoms with Crippen LogP contribution in [0.2, 0.25) is 0 Å². The Morgan fingerprint density at radius 1 is 1.39 bits per heavy atom. The second-order valence-corrected chi connectivity index (χ2v) is 7.07. The maximum atomic E-state index is 12.7. The number of carboxylic acids is 1. The van der Waals surface area contributed by atoms with E-state index >= 15 is 0 Å². The van der Waals surface area contributed by atoms with Gasteiger partial charge in [-0.15, -0.1) is 0 Å². The second-order valence-electron chi connectivity index (χ2n) is 7.07. The van der Waals surface area contributed by atoms with E-state index in [-0.39, 0.29) is 5.82 Å². The fourth-order valence-electron chi connectivity index (χ4n) is 3.80. The number of aryl methyl sites for hydroxylation is 1. The Bertz CT molecular complexity index is 1120. The lowest BCUT2D eigenvalue weighted by molar-refractivity contribution is -0.145. The van der Waals surface area contributed by atoms with Crippen molar-refractivity contribution in [2.75, 3.05) is 14.2 Å². The van der Waals surface area contributed by atoms with Crippen LogP contribution in [0, 0.1) is 17.1 Å². The van der Waals surface area contributed by atoms with Gasteiger partial charge in [-0.3, -0.25) is 0 Å². The van der Waals surface area contributed by atoms with Gasteiger partial charge in [0.15, 0.2) is 5.54 Å². The highest BCUT2D eigenvalue weighted by Gasteiger charge is 2.48. The molecule has 1 aromatic heterocycles. The molecule has 7 nitrogen and oxygen atoms in total. The minimum atomic E-state index is -1.23. The average Bonchev–Trinajstić information content (AvgIpc) is 3.39. The Morgan fingerprint density at radius 2 is 2.16 bits per heavy atom. The molecule has 160 valence electrons. The highest BCUT2D eigenvalue weighted by Crippen LogP contribution is 2.42. The molecule has 0 fully saturated rings. The molecule has 0 radical (unpaired) electrons. The normalized spacial score (nSPS) is 16.6. The summed E-state index contributed by atoms with van der Waals surface area (Å²) in [6, 6.07) is 13.6. The molecule has 1 atom stereocenters. The summed E-state index contributed by atoms with van der Waals surface area (Å²) in [5, 5.41) is 21.7. The molecule has 0 aliphatic carbocycles. The number of methoxy groups -OCH3 is 1. The van der Waals surface area contributed by atoms with E-state index in [0.29, 0.717) is 41.8 Å². The van der Waals surface area contributed by atoms with Gasteiger partial charge in [0.2, 0.25) is 0 Å². The van der Waals surface area contributed by atoms with Crippen LogP contribution < -0.4 is 10.1 Å². The average molecular weight is 422 g/mol. The summed E-state index contributed by atoms with van der Waals surface area (Å²) < 4.78 is 19.7. The number of fused-ring (bicyclic) bond motifs is 1. The zero-order valence-corrected chi connectivity index (χ0v) is 17.3. The topological polar surface area (TPSA) is 100 Å². The first-order chi connectivity index (χ1) is 15.0. The quantitative estimate of drug-likeness (QED) is 0.656. The third kappa shape index (κ3) is 4.13. The minimum absolute atomic E-state index is 0.142. The molecule has 0 spiro atoms. The van der Waals surface area contributed by atoms with Crippen LogP contribution in [-0.4, -0.2) is 34.8 Å². The molecule has 0 saturated carbocycles. The lowest BCUT2D eigenvalue weighted by Crippen LogP contribution is -2.40. The molecule has 3 aromatic rings. The smallest absolute Gasteiger partial charge is 0.334 e. The van der Waals surface area contributed by atoms with Crippen LogP contribution in [-0.2, 0) is 23.3 Å². The molecule has 2 N–H and O–H groups in total. The van der Waals surface area contributed by atoms with Gasteiger partial charge >= 0.3 is 5.97 Å². The van der Waals surface area contributed by atoms with Gasteiger partial charge in [0, 0.05) is 29.6 Å². The lowest BCUT2D eigenvalue weighted by Gasteiger charge is -2.28. The SMILES string of the molecule is CNCc1ccccc1F.COc1cc(C#N)ccc1C1(C(=O)O)CCc2cncn21. The summed E-state index contributed by atoms with van der Waals surface area (Å²) in [5.74, 6) is -0.697. The molecule has 4 rings (SSSR count). The highest BCUT2D eigenvalue weighted by atomic mass is 19.1. The van der Waals surface area contributed by atoms with Crippen molar-refractivity contribution < 1.29 is 19.0 Å². The Labute approximate surface area is 179 Å². The van der Waals surface area contributed by atoms with E-state index in [0.717, 1.165) is 5.69 Å². The number of nitriles is 1. The summed E-state index contributed by atoms with van der Waals surface area (Å²) >= 11 is 0. The number of carbonyl (C=O) groups is 1. The Hall–Kier alpha value is -3.70. The van der Waals surface area contributed by atoms with Gasteiger partial charge in [0.1, 0.15) is 11.6 Å². The summed E-state index contributed by atoms with van der Waals surface area (Å²) in [6.07, 6.45) is 4.28. The maximum Gasteiger partial charge on any atom is 0.334 e. The molecule has 0 amide bonds. The van der Waals surface area contributed by atoms with Crippen molar-refractivity contribution in [1.29, 1.82) is 5.26 Å². The number of ether oxygens (including phenoxy) is 1. The fourth-order valence-corrected chi connectivity index (χ4v) is 3.80. The van der Waals surface area contributed by atoms with Crippen LogP contribution in [0.25, 0.3) is 0 Å². The van der Waals surface area contributed by atoms with E-state index in [4.69, 9.17) is 10.00 Å². The minimum Gasteiger partial charge on any atom is -0.496 e. The summed E-state index contributed by atoms with van der Waals surface area (Å²) in [7, 11) is 3.27. The summed E-state index contributed by atoms with van der Waals surface area (Å²) in [6.45, 7) is 0.590. The number of rotatable bonds is 5. The van der Waals surface area contributed by atoms with E-state index in [1.54, 1.807) is 48.1 Å². The van der Waals surface area contributed by atoms with Crippen molar-refractivity contribution in [1.82, 2.24) is 14.9 Å². The van der Waals surface area contributed by atoms with Crippen molar-refractivity contribution in [3.63, 3.8) is 0 Å². The largest absolute Gasteiger partial charge is 0.496 e. The predicted molar refractivity (Wildman–Crippen MR) is 112 cm³/mol. The predicted octanol–water partition coefficient (Wildman–Crippen LogP) is 3.08. The van der Waals surface area contributed by atoms with Crippen LogP contribution in [0.5, 0.6) is 5.75 Å². The van der Waals surface area contributed by atoms with Crippen molar-refractivity contribution in [2.45, 2.75) is 24.9 Å². The van der Waals surface area contributed by atoms with Gasteiger partial charge in [0.05, 0.1) is 25.1 Å². The van der Waals surface area contributed by atoms with Crippen LogP contribution in [0.4, 0.5) is 4.39 Å². The standard InChI is InChI=1S/C15H13N3O3.C8H10FN/c1-21-13-6-10(7-16)2-3-12(13)15(14(19)20)5-4-11-8-17-9-18(11)15;1-10-6-7-4-2-3-5-8(7)9/h2-3,6,8-9H,4-5H2,1H3,(H,19,20);2-5,10H,6H2,1H3. The van der Waals surface area contributed by atoms with Gasteiger partial charge in [-0.05, 0) is 38.1 Å². The van der Waals surface area contributed by atoms with Gasteiger partial charge in [-0.2, -0.15) is 5.26 Å². The van der Waals surface area contributed by atoms with Gasteiger partial charge in [-0.25, -0.2) is 14.2 Å². The lowest BCUT2D eigenvalue weighted by atomic mass is 9.86. The Kier molecular flexibility index (Phi) is 6.68. The van der Waals surface area contributed by atoms with E-state index < -0.39 is 11.5 Å². The third-order valence-electron chi connectivity index (χ3n) is 5.32. The number of aromatic nitrogens is 2. The fraction of sp³-hybridized carbons (Fsp3) is 0.261. The van der Waals surface area contributed by atoms with Gasteiger partial charge < -0.3 is 19.7 Å². The maximum absolute atomic E-state index is 12.7. The number of carboxylic acid groups (broad SMARTS) is 1. The number of halogens is 1. The first-order valence-corrected chi connectivity index (χ1v) is 9.69. The molecular formula is C23H23FN4O3. The first-order valence-electron chi connectivity index (χ1n) is 9.69. The molecular weight excluding hydrogens is 399 g/mol. The van der Waals surface area contributed by atoms with Crippen LogP contribution in [0.15, 0.2) is 55.0 Å². The molecule has 1 unspecified atom stereocenters.